The summed E-state index contributed by atoms with van der Waals surface area (Å²) in [7, 11) is 0. The summed E-state index contributed by atoms with van der Waals surface area (Å²) in [5, 5.41) is 23.2. The molecule has 6 nitrogen and oxygen atoms in total. The van der Waals surface area contributed by atoms with Crippen molar-refractivity contribution in [1.82, 2.24) is 0 Å². The number of nitro benzene ring substituents is 1. The van der Waals surface area contributed by atoms with Crippen molar-refractivity contribution in [2.24, 2.45) is 0 Å². The van der Waals surface area contributed by atoms with Gasteiger partial charge in [-0.25, -0.2) is 0 Å². The molecule has 0 saturated carbocycles. The number of hydrogen-bond donors (Lipinski definition) is 1. The zero-order chi connectivity index (χ0) is 11.3. The first-order valence-electron chi connectivity index (χ1n) is 4.28. The van der Waals surface area contributed by atoms with Crippen molar-refractivity contribution in [3.63, 3.8) is 0 Å². The maximum atomic E-state index is 10.3. The van der Waals surface area contributed by atoms with Gasteiger partial charge in [0.15, 0.2) is 0 Å². The molecular formula is C9H9N2O4-. The lowest BCUT2D eigenvalue weighted by atomic mass is 10.3. The Balaban J connectivity index is 2.50. The molecule has 1 rings (SSSR count). The van der Waals surface area contributed by atoms with Crippen molar-refractivity contribution in [3.8, 4) is 0 Å². The van der Waals surface area contributed by atoms with Gasteiger partial charge in [-0.15, -0.1) is 0 Å². The van der Waals surface area contributed by atoms with Crippen LogP contribution in [0.5, 0.6) is 0 Å². The summed E-state index contributed by atoms with van der Waals surface area (Å²) >= 11 is 0. The molecule has 0 spiro atoms. The molecule has 0 unspecified atom stereocenters. The number of benzene rings is 1. The van der Waals surface area contributed by atoms with Crippen molar-refractivity contribution < 1.29 is 14.8 Å². The van der Waals surface area contributed by atoms with Crippen molar-refractivity contribution in [3.05, 3.63) is 34.4 Å². The second-order valence-corrected chi connectivity index (χ2v) is 2.85. The molecule has 1 N–H and O–H groups in total. The van der Waals surface area contributed by atoms with Gasteiger partial charge in [0.2, 0.25) is 0 Å². The highest BCUT2D eigenvalue weighted by atomic mass is 16.6. The molecular weight excluding hydrogens is 200 g/mol. The summed E-state index contributed by atoms with van der Waals surface area (Å²) in [5.41, 5.74) is 0.641. The van der Waals surface area contributed by atoms with E-state index < -0.39 is 10.9 Å². The SMILES string of the molecule is O=C([O-])CCNc1ccc([N+](=O)[O-])cc1. The molecule has 0 heterocycles. The Bertz CT molecular complexity index is 361. The van der Waals surface area contributed by atoms with Crippen molar-refractivity contribution >= 4 is 17.3 Å². The number of aliphatic carboxylic acids is 1. The molecule has 80 valence electrons. The first-order valence-corrected chi connectivity index (χ1v) is 4.28. The van der Waals surface area contributed by atoms with Gasteiger partial charge < -0.3 is 15.2 Å². The number of carbonyl (C=O) groups is 1. The van der Waals surface area contributed by atoms with Crippen LogP contribution in [0, 0.1) is 10.1 Å². The Hall–Kier alpha value is -2.11. The van der Waals surface area contributed by atoms with E-state index in [1.54, 1.807) is 0 Å². The maximum Gasteiger partial charge on any atom is 0.269 e. The van der Waals surface area contributed by atoms with Crippen LogP contribution in [0.3, 0.4) is 0 Å². The van der Waals surface area contributed by atoms with Gasteiger partial charge in [0, 0.05) is 36.8 Å². The minimum Gasteiger partial charge on any atom is -0.550 e. The van der Waals surface area contributed by atoms with Crippen LogP contribution in [0.1, 0.15) is 6.42 Å². The van der Waals surface area contributed by atoms with E-state index in [2.05, 4.69) is 5.32 Å². The molecule has 15 heavy (non-hydrogen) atoms. The summed E-state index contributed by atoms with van der Waals surface area (Å²) < 4.78 is 0. The number of nitrogens with one attached hydrogen (secondary N) is 1. The van der Waals surface area contributed by atoms with Gasteiger partial charge >= 0.3 is 0 Å². The molecule has 6 heteroatoms. The molecule has 1 aromatic rings. The van der Waals surface area contributed by atoms with Crippen molar-refractivity contribution in [2.75, 3.05) is 11.9 Å². The molecule has 0 atom stereocenters. The summed E-state index contributed by atoms with van der Waals surface area (Å²) in [6.45, 7) is 0.236. The normalized spacial score (nSPS) is 9.60. The molecule has 0 aliphatic heterocycles. The average molecular weight is 209 g/mol. The second kappa shape index (κ2) is 4.94. The van der Waals surface area contributed by atoms with E-state index in [-0.39, 0.29) is 18.7 Å². The van der Waals surface area contributed by atoms with Crippen molar-refractivity contribution in [2.45, 2.75) is 6.42 Å². The zero-order valence-corrected chi connectivity index (χ0v) is 7.80. The molecule has 0 radical (unpaired) electrons. The number of anilines is 1. The Kier molecular flexibility index (Phi) is 3.61. The lowest BCUT2D eigenvalue weighted by Crippen LogP contribution is -2.24. The van der Waals surface area contributed by atoms with E-state index in [1.165, 1.54) is 24.3 Å². The minimum atomic E-state index is -1.13. The number of hydrogen-bond acceptors (Lipinski definition) is 5. The Morgan fingerprint density at radius 1 is 1.33 bits per heavy atom. The van der Waals surface area contributed by atoms with Gasteiger partial charge in [-0.1, -0.05) is 0 Å². The first-order chi connectivity index (χ1) is 7.09. The van der Waals surface area contributed by atoms with Crippen LogP contribution in [-0.4, -0.2) is 17.4 Å². The van der Waals surface area contributed by atoms with E-state index in [0.717, 1.165) is 0 Å². The van der Waals surface area contributed by atoms with Crippen molar-refractivity contribution in [1.29, 1.82) is 0 Å². The molecule has 0 aromatic heterocycles. The quantitative estimate of drug-likeness (QED) is 0.550. The van der Waals surface area contributed by atoms with Gasteiger partial charge in [-0.3, -0.25) is 10.1 Å². The third-order valence-corrected chi connectivity index (χ3v) is 1.74. The van der Waals surface area contributed by atoms with Gasteiger partial charge in [0.25, 0.3) is 5.69 Å². The number of nitrogens with zero attached hydrogens (tertiary/aromatic N) is 1. The first kappa shape index (κ1) is 11.0. The molecule has 0 aliphatic carbocycles. The van der Waals surface area contributed by atoms with E-state index in [9.17, 15) is 20.0 Å². The number of non-ortho nitro benzene ring substituents is 1. The van der Waals surface area contributed by atoms with Gasteiger partial charge in [0.05, 0.1) is 4.92 Å². The standard InChI is InChI=1S/C9H10N2O4/c12-9(13)5-6-10-7-1-3-8(4-2-7)11(14)15/h1-4,10H,5-6H2,(H,12,13)/p-1. The highest BCUT2D eigenvalue weighted by Gasteiger charge is 2.02. The predicted octanol–water partition coefficient (Wildman–Crippen LogP) is 0.147. The Morgan fingerprint density at radius 3 is 2.40 bits per heavy atom. The van der Waals surface area contributed by atoms with Gasteiger partial charge in [-0.2, -0.15) is 0 Å². The largest absolute Gasteiger partial charge is 0.550 e. The lowest BCUT2D eigenvalue weighted by molar-refractivity contribution is -0.384. The Labute approximate surface area is 85.7 Å². The van der Waals surface area contributed by atoms with Gasteiger partial charge in [-0.05, 0) is 12.1 Å². The minimum absolute atomic E-state index is 0.000418. The summed E-state index contributed by atoms with van der Waals surface area (Å²) in [5.74, 6) is -1.13. The van der Waals surface area contributed by atoms with Crippen LogP contribution >= 0.6 is 0 Å². The Morgan fingerprint density at radius 2 is 1.93 bits per heavy atom. The van der Waals surface area contributed by atoms with Crippen LogP contribution in [0.4, 0.5) is 11.4 Å². The number of nitro groups is 1. The fraction of sp³-hybridized carbons (Fsp3) is 0.222. The highest BCUT2D eigenvalue weighted by molar-refractivity contribution is 5.65. The second-order valence-electron chi connectivity index (χ2n) is 2.85. The number of carboxylic acids is 1. The zero-order valence-electron chi connectivity index (χ0n) is 7.80. The topological polar surface area (TPSA) is 95.3 Å². The summed E-state index contributed by atoms with van der Waals surface area (Å²) in [6.07, 6.45) is -0.100. The molecule has 1 aromatic carbocycles. The monoisotopic (exact) mass is 209 g/mol. The van der Waals surface area contributed by atoms with Crippen LogP contribution < -0.4 is 10.4 Å². The highest BCUT2D eigenvalue weighted by Crippen LogP contribution is 2.14. The van der Waals surface area contributed by atoms with E-state index in [1.807, 2.05) is 0 Å². The molecule has 0 bridgehead atoms. The number of rotatable bonds is 5. The molecule has 0 saturated heterocycles. The summed E-state index contributed by atoms with van der Waals surface area (Å²) in [6, 6.07) is 5.74. The molecule has 0 amide bonds. The van der Waals surface area contributed by atoms with E-state index >= 15 is 0 Å². The smallest absolute Gasteiger partial charge is 0.269 e. The third-order valence-electron chi connectivity index (χ3n) is 1.74. The summed E-state index contributed by atoms with van der Waals surface area (Å²) in [4.78, 5) is 19.9. The predicted molar refractivity (Wildman–Crippen MR) is 51.2 cm³/mol. The average Bonchev–Trinajstić information content (AvgIpc) is 2.18. The van der Waals surface area contributed by atoms with Crippen LogP contribution in [0.2, 0.25) is 0 Å². The van der Waals surface area contributed by atoms with Crippen LogP contribution in [0.15, 0.2) is 24.3 Å². The lowest BCUT2D eigenvalue weighted by Gasteiger charge is -2.05. The van der Waals surface area contributed by atoms with E-state index in [0.29, 0.717) is 5.69 Å². The fourth-order valence-electron chi connectivity index (χ4n) is 1.01. The third kappa shape index (κ3) is 3.63. The maximum absolute atomic E-state index is 10.3. The van der Waals surface area contributed by atoms with Crippen LogP contribution in [0.25, 0.3) is 0 Å². The van der Waals surface area contributed by atoms with Gasteiger partial charge in [0.1, 0.15) is 0 Å². The molecule has 0 aliphatic rings. The fourth-order valence-corrected chi connectivity index (χ4v) is 1.01. The number of carbonyl (C=O) groups excluding carboxylic acids is 1. The number of carboxylic acid groups (broad SMARTS) is 1. The van der Waals surface area contributed by atoms with E-state index in [4.69, 9.17) is 0 Å². The van der Waals surface area contributed by atoms with Crippen LogP contribution in [-0.2, 0) is 4.79 Å². The molecule has 0 fully saturated rings.